The fraction of sp³-hybridized carbons (Fsp3) is 0.696. The number of ether oxygens (including phenoxy) is 1. The maximum absolute atomic E-state index is 12.6. The van der Waals surface area contributed by atoms with Crippen LogP contribution >= 0.6 is 0 Å². The van der Waals surface area contributed by atoms with E-state index in [-0.39, 0.29) is 11.3 Å². The molecule has 1 aromatic rings. The van der Waals surface area contributed by atoms with E-state index >= 15 is 0 Å². The molecule has 1 aliphatic carbocycles. The van der Waals surface area contributed by atoms with Crippen LogP contribution < -0.4 is 10.1 Å². The predicted octanol–water partition coefficient (Wildman–Crippen LogP) is 3.79. The average Bonchev–Trinajstić information content (AvgIpc) is 3.49. The number of benzene rings is 1. The van der Waals surface area contributed by atoms with Crippen LogP contribution in [0.3, 0.4) is 0 Å². The molecule has 4 rings (SSSR count). The van der Waals surface area contributed by atoms with Gasteiger partial charge in [0.25, 0.3) is 5.91 Å². The van der Waals surface area contributed by atoms with Gasteiger partial charge in [-0.1, -0.05) is 24.6 Å². The fourth-order valence-corrected chi connectivity index (χ4v) is 4.69. The minimum atomic E-state index is -0.447. The second-order valence-electron chi connectivity index (χ2n) is 9.04. The lowest BCUT2D eigenvalue weighted by Gasteiger charge is -2.42. The first kappa shape index (κ1) is 18.8. The van der Waals surface area contributed by atoms with Crippen LogP contribution in [0.15, 0.2) is 24.3 Å². The molecular weight excluding hydrogens is 336 g/mol. The van der Waals surface area contributed by atoms with Crippen LogP contribution in [0, 0.1) is 11.3 Å². The Kier molecular flexibility index (Phi) is 5.72. The van der Waals surface area contributed by atoms with Gasteiger partial charge in [0.1, 0.15) is 5.75 Å². The van der Waals surface area contributed by atoms with Gasteiger partial charge in [-0.05, 0) is 87.9 Å². The summed E-state index contributed by atoms with van der Waals surface area (Å²) in [7, 11) is 0. The van der Waals surface area contributed by atoms with E-state index in [1.807, 2.05) is 19.1 Å². The highest BCUT2D eigenvalue weighted by molar-refractivity contribution is 5.80. The number of carbonyl (C=O) groups excluding carboxylic acids is 1. The van der Waals surface area contributed by atoms with Gasteiger partial charge in [-0.3, -0.25) is 4.79 Å². The smallest absolute Gasteiger partial charge is 0.260 e. The number of nitrogens with one attached hydrogen (secondary N) is 1. The molecule has 1 spiro atoms. The van der Waals surface area contributed by atoms with Gasteiger partial charge in [0, 0.05) is 13.1 Å². The molecule has 1 saturated carbocycles. The van der Waals surface area contributed by atoms with Crippen LogP contribution in [0.1, 0.15) is 57.4 Å². The maximum Gasteiger partial charge on any atom is 0.260 e. The highest BCUT2D eigenvalue weighted by Gasteiger charge is 2.36. The second kappa shape index (κ2) is 8.22. The van der Waals surface area contributed by atoms with E-state index in [0.717, 1.165) is 24.6 Å². The van der Waals surface area contributed by atoms with Crippen LogP contribution in [0.4, 0.5) is 0 Å². The third-order valence-corrected chi connectivity index (χ3v) is 6.82. The van der Waals surface area contributed by atoms with Crippen molar-refractivity contribution in [1.82, 2.24) is 10.2 Å². The van der Waals surface area contributed by atoms with Crippen LogP contribution in [0.25, 0.3) is 0 Å². The summed E-state index contributed by atoms with van der Waals surface area (Å²) in [6, 6.07) is 8.18. The molecule has 1 aromatic carbocycles. The van der Waals surface area contributed by atoms with E-state index in [9.17, 15) is 4.79 Å². The largest absolute Gasteiger partial charge is 0.481 e. The molecule has 1 amide bonds. The van der Waals surface area contributed by atoms with E-state index in [0.29, 0.717) is 0 Å². The number of aryl methyl sites for hydroxylation is 1. The standard InChI is InChI=1S/C23H34N2O2/c1-18-22(26)24-17-23(12-14-25(15-13-23)16-19-9-10-19)11-5-4-7-20-6-2-3-8-21(20)27-18/h2-3,6,8,18-19H,4-5,7,9-17H2,1H3,(H,24,26)/t18-/m1/s1. The first-order valence-corrected chi connectivity index (χ1v) is 10.9. The highest BCUT2D eigenvalue weighted by atomic mass is 16.5. The molecule has 0 unspecified atom stereocenters. The summed E-state index contributed by atoms with van der Waals surface area (Å²) in [6.07, 6.45) is 9.51. The summed E-state index contributed by atoms with van der Waals surface area (Å²) in [5, 5.41) is 3.23. The first-order chi connectivity index (χ1) is 13.1. The molecule has 1 atom stereocenters. The maximum atomic E-state index is 12.6. The Labute approximate surface area is 163 Å². The molecule has 2 fully saturated rings. The zero-order chi connectivity index (χ0) is 18.7. The van der Waals surface area contributed by atoms with Crippen molar-refractivity contribution in [2.24, 2.45) is 11.3 Å². The number of carbonyl (C=O) groups is 1. The van der Waals surface area contributed by atoms with Crippen molar-refractivity contribution in [3.8, 4) is 5.75 Å². The van der Waals surface area contributed by atoms with Crippen molar-refractivity contribution in [2.75, 3.05) is 26.2 Å². The van der Waals surface area contributed by atoms with E-state index in [1.54, 1.807) is 0 Å². The van der Waals surface area contributed by atoms with Gasteiger partial charge < -0.3 is 15.0 Å². The summed E-state index contributed by atoms with van der Waals surface area (Å²) in [6.45, 7) is 6.36. The molecule has 27 heavy (non-hydrogen) atoms. The number of nitrogens with zero attached hydrogens (tertiary/aromatic N) is 1. The Morgan fingerprint density at radius 3 is 2.70 bits per heavy atom. The van der Waals surface area contributed by atoms with Gasteiger partial charge in [-0.25, -0.2) is 0 Å². The van der Waals surface area contributed by atoms with E-state index in [2.05, 4.69) is 22.3 Å². The number of likely N-dealkylation sites (tertiary alicyclic amines) is 1. The van der Waals surface area contributed by atoms with Crippen molar-refractivity contribution in [1.29, 1.82) is 0 Å². The predicted molar refractivity (Wildman–Crippen MR) is 108 cm³/mol. The molecule has 1 saturated heterocycles. The topological polar surface area (TPSA) is 41.6 Å². The Hall–Kier alpha value is -1.55. The zero-order valence-corrected chi connectivity index (χ0v) is 16.7. The van der Waals surface area contributed by atoms with Gasteiger partial charge in [-0.2, -0.15) is 0 Å². The van der Waals surface area contributed by atoms with Gasteiger partial charge in [0.2, 0.25) is 0 Å². The summed E-state index contributed by atoms with van der Waals surface area (Å²) < 4.78 is 6.00. The molecule has 0 radical (unpaired) electrons. The number of para-hydroxylation sites is 1. The Morgan fingerprint density at radius 1 is 1.15 bits per heavy atom. The molecule has 4 nitrogen and oxygen atoms in total. The van der Waals surface area contributed by atoms with Gasteiger partial charge in [0.05, 0.1) is 0 Å². The number of hydrogen-bond acceptors (Lipinski definition) is 3. The van der Waals surface area contributed by atoms with Crippen molar-refractivity contribution >= 4 is 5.91 Å². The Bertz CT molecular complexity index is 648. The molecular formula is C23H34N2O2. The Balaban J connectivity index is 1.42. The van der Waals surface area contributed by atoms with Crippen molar-refractivity contribution in [3.63, 3.8) is 0 Å². The van der Waals surface area contributed by atoms with E-state index < -0.39 is 6.10 Å². The summed E-state index contributed by atoms with van der Waals surface area (Å²) in [5.74, 6) is 1.85. The lowest BCUT2D eigenvalue weighted by molar-refractivity contribution is -0.128. The van der Waals surface area contributed by atoms with Crippen LogP contribution in [-0.2, 0) is 11.2 Å². The number of rotatable bonds is 2. The number of piperidine rings is 1. The lowest BCUT2D eigenvalue weighted by Crippen LogP contribution is -2.48. The SMILES string of the molecule is C[C@H]1Oc2ccccc2CCCCC2(CCN(CC3CC3)CC2)CNC1=O. The van der Waals surface area contributed by atoms with Gasteiger partial charge >= 0.3 is 0 Å². The molecule has 148 valence electrons. The number of fused-ring (bicyclic) bond motifs is 1. The molecule has 4 heteroatoms. The lowest BCUT2D eigenvalue weighted by atomic mass is 9.74. The minimum absolute atomic E-state index is 0.0187. The first-order valence-electron chi connectivity index (χ1n) is 10.9. The second-order valence-corrected chi connectivity index (χ2v) is 9.04. The third-order valence-electron chi connectivity index (χ3n) is 6.82. The van der Waals surface area contributed by atoms with Gasteiger partial charge in [0.15, 0.2) is 6.10 Å². The van der Waals surface area contributed by atoms with Crippen molar-refractivity contribution in [2.45, 2.75) is 64.4 Å². The number of hydrogen-bond donors (Lipinski definition) is 1. The minimum Gasteiger partial charge on any atom is -0.481 e. The van der Waals surface area contributed by atoms with Crippen LogP contribution in [0.5, 0.6) is 5.75 Å². The van der Waals surface area contributed by atoms with E-state index in [1.165, 1.54) is 70.1 Å². The highest BCUT2D eigenvalue weighted by Crippen LogP contribution is 2.38. The Morgan fingerprint density at radius 2 is 1.93 bits per heavy atom. The van der Waals surface area contributed by atoms with Crippen LogP contribution in [-0.4, -0.2) is 43.1 Å². The normalized spacial score (nSPS) is 27.0. The molecule has 0 aromatic heterocycles. The molecule has 2 heterocycles. The van der Waals surface area contributed by atoms with E-state index in [4.69, 9.17) is 4.74 Å². The van der Waals surface area contributed by atoms with Crippen molar-refractivity contribution < 1.29 is 9.53 Å². The summed E-state index contributed by atoms with van der Waals surface area (Å²) in [4.78, 5) is 15.3. The fourth-order valence-electron chi connectivity index (χ4n) is 4.69. The third kappa shape index (κ3) is 4.84. The molecule has 3 aliphatic rings. The van der Waals surface area contributed by atoms with Crippen LogP contribution in [0.2, 0.25) is 0 Å². The monoisotopic (exact) mass is 370 g/mol. The van der Waals surface area contributed by atoms with Gasteiger partial charge in [-0.15, -0.1) is 0 Å². The summed E-state index contributed by atoms with van der Waals surface area (Å²) >= 11 is 0. The number of amides is 1. The average molecular weight is 371 g/mol. The molecule has 1 N–H and O–H groups in total. The molecule has 0 bridgehead atoms. The quantitative estimate of drug-likeness (QED) is 0.861. The molecule has 2 aliphatic heterocycles. The van der Waals surface area contributed by atoms with Crippen molar-refractivity contribution in [3.05, 3.63) is 29.8 Å². The summed E-state index contributed by atoms with van der Waals surface area (Å²) in [5.41, 5.74) is 1.50. The zero-order valence-electron chi connectivity index (χ0n) is 16.7.